The van der Waals surface area contributed by atoms with Crippen molar-refractivity contribution in [1.29, 1.82) is 0 Å². The summed E-state index contributed by atoms with van der Waals surface area (Å²) in [5.41, 5.74) is -3.15. The normalized spacial score (nSPS) is 13.3. The van der Waals surface area contributed by atoms with E-state index in [0.29, 0.717) is 0 Å². The Kier molecular flexibility index (Phi) is 4.58. The molecule has 10 heteroatoms. The molecule has 20 heavy (non-hydrogen) atoms. The molecule has 1 aromatic rings. The molecule has 0 bridgehead atoms. The quantitative estimate of drug-likeness (QED) is 0.400. The van der Waals surface area contributed by atoms with Gasteiger partial charge in [-0.2, -0.15) is 0 Å². The van der Waals surface area contributed by atoms with Crippen LogP contribution in [0.3, 0.4) is 0 Å². The van der Waals surface area contributed by atoms with Gasteiger partial charge in [-0.15, -0.1) is 0 Å². The Bertz CT molecular complexity index is 574. The van der Waals surface area contributed by atoms with Crippen molar-refractivity contribution < 1.29 is 24.7 Å². The molecule has 1 heterocycles. The summed E-state index contributed by atoms with van der Waals surface area (Å²) in [4.78, 5) is 35.8. The number of carbonyl (C=O) groups excluding carboxylic acids is 1. The molecular formula is C10H10ClN3O6. The molecule has 3 N–H and O–H groups in total. The Labute approximate surface area is 117 Å². The van der Waals surface area contributed by atoms with E-state index < -0.39 is 34.6 Å². The van der Waals surface area contributed by atoms with Crippen LogP contribution in [0.5, 0.6) is 0 Å². The summed E-state index contributed by atoms with van der Waals surface area (Å²) in [5.74, 6) is -2.48. The fourth-order valence-corrected chi connectivity index (χ4v) is 1.33. The number of halogens is 1. The fraction of sp³-hybridized carbons (Fsp3) is 0.300. The number of nitro groups is 1. The molecule has 0 radical (unpaired) electrons. The molecule has 0 spiro atoms. The van der Waals surface area contributed by atoms with Gasteiger partial charge < -0.3 is 15.5 Å². The van der Waals surface area contributed by atoms with Crippen LogP contribution in [0.2, 0.25) is 5.15 Å². The van der Waals surface area contributed by atoms with Crippen molar-refractivity contribution in [2.24, 2.45) is 0 Å². The molecule has 0 aliphatic carbocycles. The molecule has 0 fully saturated rings. The van der Waals surface area contributed by atoms with Crippen LogP contribution in [0.1, 0.15) is 17.3 Å². The molecule has 1 aromatic heterocycles. The summed E-state index contributed by atoms with van der Waals surface area (Å²) < 4.78 is 0. The van der Waals surface area contributed by atoms with Gasteiger partial charge in [-0.25, -0.2) is 9.78 Å². The lowest BCUT2D eigenvalue weighted by Gasteiger charge is -2.18. The van der Waals surface area contributed by atoms with Gasteiger partial charge in [0.1, 0.15) is 16.9 Å². The fourth-order valence-electron chi connectivity index (χ4n) is 1.17. The average molecular weight is 304 g/mol. The number of nitrogens with zero attached hydrogens (tertiary/aromatic N) is 2. The third kappa shape index (κ3) is 3.62. The van der Waals surface area contributed by atoms with E-state index in [9.17, 15) is 24.8 Å². The number of carboxylic acids is 1. The minimum absolute atomic E-state index is 0.134. The Morgan fingerprint density at radius 2 is 2.20 bits per heavy atom. The van der Waals surface area contributed by atoms with E-state index in [1.807, 2.05) is 0 Å². The summed E-state index contributed by atoms with van der Waals surface area (Å²) >= 11 is 5.55. The highest BCUT2D eigenvalue weighted by molar-refractivity contribution is 6.29. The number of rotatable bonds is 5. The Balaban J connectivity index is 2.96. The predicted molar refractivity (Wildman–Crippen MR) is 66.5 cm³/mol. The number of amides is 1. The maximum atomic E-state index is 11.8. The Morgan fingerprint density at radius 1 is 1.60 bits per heavy atom. The van der Waals surface area contributed by atoms with Gasteiger partial charge in [-0.1, -0.05) is 11.6 Å². The topological polar surface area (TPSA) is 143 Å². The lowest BCUT2D eigenvalue weighted by molar-refractivity contribution is -0.385. The second-order valence-corrected chi connectivity index (χ2v) is 4.43. The second kappa shape index (κ2) is 5.80. The summed E-state index contributed by atoms with van der Waals surface area (Å²) in [6, 6.07) is 0.977. The highest BCUT2D eigenvalue weighted by Gasteiger charge is 2.31. The highest BCUT2D eigenvalue weighted by Crippen LogP contribution is 2.20. The molecule has 0 aliphatic heterocycles. The first-order valence-corrected chi connectivity index (χ1v) is 5.57. The Morgan fingerprint density at radius 3 is 2.70 bits per heavy atom. The van der Waals surface area contributed by atoms with E-state index in [4.69, 9.17) is 16.7 Å². The van der Waals surface area contributed by atoms with Crippen LogP contribution in [-0.4, -0.2) is 44.1 Å². The molecule has 1 unspecified atom stereocenters. The van der Waals surface area contributed by atoms with Crippen LogP contribution in [0.15, 0.2) is 12.3 Å². The van der Waals surface area contributed by atoms with Gasteiger partial charge in [-0.05, 0) is 13.0 Å². The zero-order valence-electron chi connectivity index (χ0n) is 10.2. The van der Waals surface area contributed by atoms with E-state index in [0.717, 1.165) is 19.2 Å². The minimum atomic E-state index is -2.19. The van der Waals surface area contributed by atoms with Crippen molar-refractivity contribution in [1.82, 2.24) is 10.3 Å². The summed E-state index contributed by atoms with van der Waals surface area (Å²) in [7, 11) is 0. The molecular weight excluding hydrogens is 294 g/mol. The number of pyridine rings is 1. The highest BCUT2D eigenvalue weighted by atomic mass is 35.5. The third-order valence-corrected chi connectivity index (χ3v) is 2.55. The summed E-state index contributed by atoms with van der Waals surface area (Å²) in [6.07, 6.45) is 0.812. The number of carbonyl (C=O) groups is 2. The van der Waals surface area contributed by atoms with E-state index in [-0.39, 0.29) is 10.7 Å². The van der Waals surface area contributed by atoms with Crippen molar-refractivity contribution in [2.45, 2.75) is 12.5 Å². The van der Waals surface area contributed by atoms with Gasteiger partial charge >= 0.3 is 5.97 Å². The second-order valence-electron chi connectivity index (χ2n) is 4.04. The monoisotopic (exact) mass is 303 g/mol. The number of aliphatic carboxylic acids is 1. The predicted octanol–water partition coefficient (Wildman–Crippen LogP) is 0.209. The van der Waals surface area contributed by atoms with Crippen LogP contribution in [-0.2, 0) is 4.79 Å². The van der Waals surface area contributed by atoms with Gasteiger partial charge in [0.25, 0.3) is 11.6 Å². The number of hydrogen-bond acceptors (Lipinski definition) is 6. The minimum Gasteiger partial charge on any atom is -0.479 e. The maximum absolute atomic E-state index is 11.8. The van der Waals surface area contributed by atoms with Crippen molar-refractivity contribution in [3.05, 3.63) is 33.1 Å². The first kappa shape index (κ1) is 15.8. The molecule has 0 saturated carbocycles. The zero-order valence-corrected chi connectivity index (χ0v) is 10.9. The average Bonchev–Trinajstić information content (AvgIpc) is 2.35. The van der Waals surface area contributed by atoms with Gasteiger partial charge in [-0.3, -0.25) is 14.9 Å². The van der Waals surface area contributed by atoms with Gasteiger partial charge in [0.05, 0.1) is 11.5 Å². The largest absolute Gasteiger partial charge is 0.479 e. The van der Waals surface area contributed by atoms with Crippen molar-refractivity contribution in [2.75, 3.05) is 6.54 Å². The summed E-state index contributed by atoms with van der Waals surface area (Å²) in [5, 5.41) is 30.8. The van der Waals surface area contributed by atoms with Gasteiger partial charge in [0.2, 0.25) is 0 Å². The smallest absolute Gasteiger partial charge is 0.337 e. The van der Waals surface area contributed by atoms with Crippen LogP contribution < -0.4 is 5.32 Å². The van der Waals surface area contributed by atoms with Crippen LogP contribution in [0.25, 0.3) is 0 Å². The maximum Gasteiger partial charge on any atom is 0.337 e. The van der Waals surface area contributed by atoms with Gasteiger partial charge in [0, 0.05) is 0 Å². The number of carboxylic acid groups (broad SMARTS) is 1. The van der Waals surface area contributed by atoms with Crippen LogP contribution in [0.4, 0.5) is 5.69 Å². The number of aromatic nitrogens is 1. The molecule has 9 nitrogen and oxygen atoms in total. The number of hydrogen-bond donors (Lipinski definition) is 3. The van der Waals surface area contributed by atoms with E-state index in [2.05, 4.69) is 10.3 Å². The standard InChI is InChI=1S/C10H10ClN3O6/c1-10(18,9(16)17)4-13-8(15)5-2-7(11)12-3-6(5)14(19)20/h2-3,18H,4H2,1H3,(H,13,15)(H,16,17). The van der Waals surface area contributed by atoms with E-state index in [1.165, 1.54) is 0 Å². The molecule has 1 atom stereocenters. The number of nitrogens with one attached hydrogen (secondary N) is 1. The Hall–Kier alpha value is -2.26. The van der Waals surface area contributed by atoms with Crippen LogP contribution >= 0.6 is 11.6 Å². The van der Waals surface area contributed by atoms with E-state index in [1.54, 1.807) is 0 Å². The first-order chi connectivity index (χ1) is 9.15. The van der Waals surface area contributed by atoms with Crippen molar-refractivity contribution in [3.8, 4) is 0 Å². The SMILES string of the molecule is CC(O)(CNC(=O)c1cc(Cl)ncc1[N+](=O)[O-])C(=O)O. The zero-order chi connectivity index (χ0) is 15.5. The van der Waals surface area contributed by atoms with Crippen LogP contribution in [0, 0.1) is 10.1 Å². The molecule has 0 aromatic carbocycles. The molecule has 0 aliphatic rings. The van der Waals surface area contributed by atoms with E-state index >= 15 is 0 Å². The third-order valence-electron chi connectivity index (χ3n) is 2.34. The summed E-state index contributed by atoms with van der Waals surface area (Å²) in [6.45, 7) is 0.349. The molecule has 0 saturated heterocycles. The van der Waals surface area contributed by atoms with Crippen molar-refractivity contribution >= 4 is 29.2 Å². The molecule has 1 amide bonds. The molecule has 1 rings (SSSR count). The lowest BCUT2D eigenvalue weighted by atomic mass is 10.1. The number of aliphatic hydroxyl groups is 1. The first-order valence-electron chi connectivity index (χ1n) is 5.19. The van der Waals surface area contributed by atoms with Gasteiger partial charge in [0.15, 0.2) is 5.60 Å². The lowest BCUT2D eigenvalue weighted by Crippen LogP contribution is -2.46. The molecule has 108 valence electrons. The van der Waals surface area contributed by atoms with Crippen molar-refractivity contribution in [3.63, 3.8) is 0 Å².